The average Bonchev–Trinajstić information content (AvgIpc) is 2.81. The first-order valence-corrected chi connectivity index (χ1v) is 10.7. The minimum atomic E-state index is -1.16. The van der Waals surface area contributed by atoms with E-state index >= 15 is 0 Å². The summed E-state index contributed by atoms with van der Waals surface area (Å²) in [6.45, 7) is 6.05. The molecule has 2 heterocycles. The largest absolute Gasteiger partial charge is 0.477 e. The molecule has 0 spiro atoms. The van der Waals surface area contributed by atoms with E-state index in [1.807, 2.05) is 69.3 Å². The van der Waals surface area contributed by atoms with Crippen molar-refractivity contribution < 1.29 is 9.90 Å². The number of halogens is 1. The van der Waals surface area contributed by atoms with Gasteiger partial charge in [-0.1, -0.05) is 62.7 Å². The van der Waals surface area contributed by atoms with Crippen molar-refractivity contribution in [1.29, 1.82) is 0 Å². The number of nitrogens with two attached hydrogens (primary N) is 2. The molecule has 0 aliphatic carbocycles. The number of aryl methyl sites for hydroxylation is 1. The maximum Gasteiger partial charge on any atom is 0.341 e. The Morgan fingerprint density at radius 2 is 1.76 bits per heavy atom. The van der Waals surface area contributed by atoms with Crippen LogP contribution < -0.4 is 17.0 Å². The van der Waals surface area contributed by atoms with Crippen molar-refractivity contribution in [2.45, 2.75) is 27.2 Å². The van der Waals surface area contributed by atoms with Crippen LogP contribution in [0.1, 0.15) is 36.8 Å². The second kappa shape index (κ2) is 11.6. The summed E-state index contributed by atoms with van der Waals surface area (Å²) in [5.41, 5.74) is 12.0. The highest BCUT2D eigenvalue weighted by Crippen LogP contribution is 2.22. The van der Waals surface area contributed by atoms with Crippen LogP contribution in [0.3, 0.4) is 0 Å². The van der Waals surface area contributed by atoms with E-state index in [9.17, 15) is 9.59 Å². The normalized spacial score (nSPS) is 9.94. The molecule has 0 unspecified atom stereocenters. The molecule has 9 heteroatoms. The van der Waals surface area contributed by atoms with E-state index in [-0.39, 0.29) is 22.9 Å². The Labute approximate surface area is 196 Å². The van der Waals surface area contributed by atoms with Gasteiger partial charge in [0.05, 0.1) is 10.4 Å². The fraction of sp³-hybridized carbons (Fsp3) is 0.167. The predicted octanol–water partition coefficient (Wildman–Crippen LogP) is 4.57. The number of hydrogen-bond donors (Lipinski definition) is 3. The molecule has 0 fully saturated rings. The van der Waals surface area contributed by atoms with Gasteiger partial charge in [-0.2, -0.15) is 4.98 Å². The molecule has 2 aromatic heterocycles. The van der Waals surface area contributed by atoms with Gasteiger partial charge < -0.3 is 16.6 Å². The molecule has 0 radical (unpaired) electrons. The molecule has 0 saturated carbocycles. The fourth-order valence-corrected chi connectivity index (χ4v) is 3.33. The first-order valence-electron chi connectivity index (χ1n) is 10.3. The Kier molecular flexibility index (Phi) is 8.94. The molecule has 0 atom stereocenters. The van der Waals surface area contributed by atoms with Gasteiger partial charge in [-0.15, -0.1) is 0 Å². The molecule has 5 N–H and O–H groups in total. The summed E-state index contributed by atoms with van der Waals surface area (Å²) < 4.78 is 1.74. The summed E-state index contributed by atoms with van der Waals surface area (Å²) >= 11 is 6.20. The predicted molar refractivity (Wildman–Crippen MR) is 133 cm³/mol. The molecular formula is C24H26ClN5O3. The van der Waals surface area contributed by atoms with Gasteiger partial charge in [0, 0.05) is 17.6 Å². The number of carboxylic acids is 1. The highest BCUT2D eigenvalue weighted by molar-refractivity contribution is 6.35. The van der Waals surface area contributed by atoms with Crippen molar-refractivity contribution in [3.63, 3.8) is 0 Å². The Hall–Kier alpha value is -3.91. The summed E-state index contributed by atoms with van der Waals surface area (Å²) in [7, 11) is 0. The third-order valence-electron chi connectivity index (χ3n) is 4.52. The number of benzene rings is 2. The molecular weight excluding hydrogens is 442 g/mol. The number of nitrogen functional groups attached to an aromatic ring is 2. The van der Waals surface area contributed by atoms with Gasteiger partial charge in [0.25, 0.3) is 5.56 Å². The summed E-state index contributed by atoms with van der Waals surface area (Å²) in [6, 6.07) is 17.3. The number of para-hydroxylation sites is 1. The Bertz CT molecular complexity index is 1310. The van der Waals surface area contributed by atoms with Crippen molar-refractivity contribution in [2.24, 2.45) is 0 Å². The van der Waals surface area contributed by atoms with Gasteiger partial charge in [0.1, 0.15) is 11.4 Å². The summed E-state index contributed by atoms with van der Waals surface area (Å²) in [4.78, 5) is 30.1. The number of anilines is 2. The Balaban J connectivity index is 0.000000252. The van der Waals surface area contributed by atoms with Gasteiger partial charge in [-0.3, -0.25) is 9.36 Å². The number of aromatic nitrogens is 3. The van der Waals surface area contributed by atoms with Crippen LogP contribution in [-0.2, 0) is 6.42 Å². The third-order valence-corrected chi connectivity index (χ3v) is 4.83. The number of pyridine rings is 1. The molecule has 0 amide bonds. The molecule has 0 aliphatic rings. The fourth-order valence-electron chi connectivity index (χ4n) is 3.07. The van der Waals surface area contributed by atoms with Crippen LogP contribution in [0.25, 0.3) is 16.5 Å². The van der Waals surface area contributed by atoms with Crippen molar-refractivity contribution in [2.75, 3.05) is 11.5 Å². The van der Waals surface area contributed by atoms with E-state index in [0.717, 1.165) is 29.4 Å². The van der Waals surface area contributed by atoms with Crippen LogP contribution in [0.4, 0.5) is 11.8 Å². The number of carboxylic acid groups (broad SMARTS) is 1. The summed E-state index contributed by atoms with van der Waals surface area (Å²) in [5, 5.41) is 10.4. The monoisotopic (exact) mass is 467 g/mol. The molecule has 0 aliphatic heterocycles. The van der Waals surface area contributed by atoms with Gasteiger partial charge in [-0.05, 0) is 36.1 Å². The van der Waals surface area contributed by atoms with Gasteiger partial charge >= 0.3 is 5.97 Å². The van der Waals surface area contributed by atoms with Gasteiger partial charge in [0.15, 0.2) is 0 Å². The molecule has 33 heavy (non-hydrogen) atoms. The van der Waals surface area contributed by atoms with Crippen LogP contribution in [-0.4, -0.2) is 25.6 Å². The SMILES string of the molecule is CC.CCc1cc2cccc(Cl)c2c(=O)n1-c1ccccc1.Nc1ncc(C(=O)O)c(N)n1. The second-order valence-corrected chi connectivity index (χ2v) is 6.91. The number of nitrogens with zero attached hydrogens (tertiary/aromatic N) is 3. The molecule has 2 aromatic carbocycles. The van der Waals surface area contributed by atoms with Gasteiger partial charge in [0.2, 0.25) is 5.95 Å². The Morgan fingerprint density at radius 1 is 1.09 bits per heavy atom. The number of fused-ring (bicyclic) bond motifs is 1. The number of aromatic carboxylic acids is 1. The molecule has 4 rings (SSSR count). The van der Waals surface area contributed by atoms with Crippen LogP contribution >= 0.6 is 11.6 Å². The van der Waals surface area contributed by atoms with Crippen molar-refractivity contribution in [3.05, 3.63) is 87.4 Å². The van der Waals surface area contributed by atoms with E-state index in [2.05, 4.69) is 9.97 Å². The number of carbonyl (C=O) groups is 1. The number of hydrogen-bond acceptors (Lipinski definition) is 6. The lowest BCUT2D eigenvalue weighted by molar-refractivity contribution is 0.0697. The molecule has 172 valence electrons. The van der Waals surface area contributed by atoms with Gasteiger partial charge in [-0.25, -0.2) is 9.78 Å². The highest BCUT2D eigenvalue weighted by atomic mass is 35.5. The maximum absolute atomic E-state index is 12.8. The quantitative estimate of drug-likeness (QED) is 0.401. The van der Waals surface area contributed by atoms with Crippen LogP contribution in [0.5, 0.6) is 0 Å². The molecule has 8 nitrogen and oxygen atoms in total. The van der Waals surface area contributed by atoms with E-state index in [1.165, 1.54) is 0 Å². The van der Waals surface area contributed by atoms with Crippen molar-refractivity contribution in [3.8, 4) is 5.69 Å². The van der Waals surface area contributed by atoms with Crippen LogP contribution in [0, 0.1) is 0 Å². The lowest BCUT2D eigenvalue weighted by Gasteiger charge is -2.14. The van der Waals surface area contributed by atoms with Crippen molar-refractivity contribution >= 4 is 40.1 Å². The standard InChI is InChI=1S/C17H14ClNO.C5H6N4O2.C2H6/c1-2-13-11-12-7-6-10-15(18)16(12)17(20)19(13)14-8-4-3-5-9-14;6-3-2(4(10)11)1-8-5(7)9-3;1-2/h3-11H,2H2,1H3;1H,(H,10,11)(H4,6,7,8,9);1-2H3. The van der Waals surface area contributed by atoms with E-state index in [0.29, 0.717) is 10.4 Å². The minimum Gasteiger partial charge on any atom is -0.477 e. The first-order chi connectivity index (χ1) is 15.8. The number of rotatable bonds is 3. The van der Waals surface area contributed by atoms with E-state index in [4.69, 9.17) is 28.2 Å². The average molecular weight is 468 g/mol. The van der Waals surface area contributed by atoms with E-state index < -0.39 is 5.97 Å². The van der Waals surface area contributed by atoms with E-state index in [1.54, 1.807) is 10.6 Å². The lowest BCUT2D eigenvalue weighted by atomic mass is 10.1. The third kappa shape index (κ3) is 5.87. The van der Waals surface area contributed by atoms with Crippen molar-refractivity contribution in [1.82, 2.24) is 14.5 Å². The Morgan fingerprint density at radius 3 is 2.33 bits per heavy atom. The molecule has 4 aromatic rings. The second-order valence-electron chi connectivity index (χ2n) is 6.50. The first kappa shape index (κ1) is 25.4. The minimum absolute atomic E-state index is 0.0347. The molecule has 0 saturated heterocycles. The zero-order valence-corrected chi connectivity index (χ0v) is 19.4. The van der Waals surface area contributed by atoms with Crippen LogP contribution in [0.2, 0.25) is 5.02 Å². The summed E-state index contributed by atoms with van der Waals surface area (Å²) in [6.07, 6.45) is 1.85. The zero-order chi connectivity index (χ0) is 24.5. The van der Waals surface area contributed by atoms with Crippen LogP contribution in [0.15, 0.2) is 65.6 Å². The lowest BCUT2D eigenvalue weighted by Crippen LogP contribution is -2.22. The summed E-state index contributed by atoms with van der Waals surface area (Å²) in [5.74, 6) is -1.32. The smallest absolute Gasteiger partial charge is 0.341 e. The topological polar surface area (TPSA) is 137 Å². The molecule has 0 bridgehead atoms. The zero-order valence-electron chi connectivity index (χ0n) is 18.6. The maximum atomic E-state index is 12.8. The highest BCUT2D eigenvalue weighted by Gasteiger charge is 2.12.